The Kier molecular flexibility index (Phi) is 5.50. The first kappa shape index (κ1) is 13.5. The van der Waals surface area contributed by atoms with Crippen LogP contribution < -0.4 is 10.6 Å². The zero-order chi connectivity index (χ0) is 12.7. The molecule has 1 aliphatic rings. The van der Waals surface area contributed by atoms with Gasteiger partial charge in [0, 0.05) is 25.4 Å². The fourth-order valence-electron chi connectivity index (χ4n) is 1.51. The summed E-state index contributed by atoms with van der Waals surface area (Å²) in [7, 11) is 0. The van der Waals surface area contributed by atoms with E-state index in [9.17, 15) is 4.79 Å². The first-order valence-electron chi connectivity index (χ1n) is 5.89. The van der Waals surface area contributed by atoms with Gasteiger partial charge in [-0.25, -0.2) is 0 Å². The van der Waals surface area contributed by atoms with Gasteiger partial charge in [0.15, 0.2) is 0 Å². The average molecular weight is 237 g/mol. The molecule has 2 N–H and O–H groups in total. The Hall–Kier alpha value is -1.54. The summed E-state index contributed by atoms with van der Waals surface area (Å²) in [6.45, 7) is 5.11. The molecule has 1 atom stereocenters. The first-order valence-corrected chi connectivity index (χ1v) is 5.89. The van der Waals surface area contributed by atoms with Crippen LogP contribution in [-0.4, -0.2) is 31.2 Å². The molecular formula is C12H19N3O2. The molecule has 1 amide bonds. The van der Waals surface area contributed by atoms with Gasteiger partial charge in [0.25, 0.3) is 5.91 Å². The highest BCUT2D eigenvalue weighted by atomic mass is 16.5. The molecule has 1 fully saturated rings. The standard InChI is InChI=1S/C12H19N3O2/c1-9(2)14-7-10(6-13)12(16)15-8-11-4-3-5-17-11/h7,9,11,14H,3-5,8H2,1-2H3,(H,15,16)/b10-7-. The Morgan fingerprint density at radius 3 is 2.94 bits per heavy atom. The Balaban J connectivity index is 2.38. The van der Waals surface area contributed by atoms with Gasteiger partial charge in [0.05, 0.1) is 6.10 Å². The number of hydrogen-bond donors (Lipinski definition) is 2. The number of nitrogens with one attached hydrogen (secondary N) is 2. The molecule has 0 saturated carbocycles. The smallest absolute Gasteiger partial charge is 0.263 e. The maximum atomic E-state index is 11.6. The highest BCUT2D eigenvalue weighted by molar-refractivity contribution is 5.97. The number of nitriles is 1. The summed E-state index contributed by atoms with van der Waals surface area (Å²) >= 11 is 0. The SMILES string of the molecule is CC(C)N/C=C(/C#N)C(=O)NCC1CCCO1. The van der Waals surface area contributed by atoms with Crippen LogP contribution in [0.4, 0.5) is 0 Å². The topological polar surface area (TPSA) is 74.2 Å². The van der Waals surface area contributed by atoms with Gasteiger partial charge in [-0.3, -0.25) is 4.79 Å². The van der Waals surface area contributed by atoms with Gasteiger partial charge in [0.2, 0.25) is 0 Å². The maximum absolute atomic E-state index is 11.6. The lowest BCUT2D eigenvalue weighted by molar-refractivity contribution is -0.117. The molecule has 94 valence electrons. The van der Waals surface area contributed by atoms with Crippen molar-refractivity contribution in [2.45, 2.75) is 38.8 Å². The van der Waals surface area contributed by atoms with E-state index in [0.717, 1.165) is 19.4 Å². The van der Waals surface area contributed by atoms with Crippen molar-refractivity contribution in [3.63, 3.8) is 0 Å². The fraction of sp³-hybridized carbons (Fsp3) is 0.667. The lowest BCUT2D eigenvalue weighted by Gasteiger charge is -2.10. The van der Waals surface area contributed by atoms with Crippen molar-refractivity contribution in [1.29, 1.82) is 5.26 Å². The number of ether oxygens (including phenoxy) is 1. The summed E-state index contributed by atoms with van der Waals surface area (Å²) in [6, 6.07) is 2.08. The Morgan fingerprint density at radius 1 is 1.65 bits per heavy atom. The van der Waals surface area contributed by atoms with Crippen LogP contribution in [0.3, 0.4) is 0 Å². The zero-order valence-electron chi connectivity index (χ0n) is 10.3. The van der Waals surface area contributed by atoms with Crippen molar-refractivity contribution in [2.75, 3.05) is 13.2 Å². The second-order valence-corrected chi connectivity index (χ2v) is 4.34. The van der Waals surface area contributed by atoms with Crippen molar-refractivity contribution < 1.29 is 9.53 Å². The molecule has 0 aromatic rings. The summed E-state index contributed by atoms with van der Waals surface area (Å²) in [5, 5.41) is 14.5. The van der Waals surface area contributed by atoms with Crippen molar-refractivity contribution in [3.05, 3.63) is 11.8 Å². The van der Waals surface area contributed by atoms with E-state index in [2.05, 4.69) is 10.6 Å². The van der Waals surface area contributed by atoms with Gasteiger partial charge in [-0.15, -0.1) is 0 Å². The van der Waals surface area contributed by atoms with E-state index in [1.807, 2.05) is 19.9 Å². The average Bonchev–Trinajstić information content (AvgIpc) is 2.79. The first-order chi connectivity index (χ1) is 8.13. The van der Waals surface area contributed by atoms with Crippen LogP contribution in [0.5, 0.6) is 0 Å². The number of nitrogens with zero attached hydrogens (tertiary/aromatic N) is 1. The third-order valence-electron chi connectivity index (χ3n) is 2.44. The van der Waals surface area contributed by atoms with Gasteiger partial charge in [-0.2, -0.15) is 5.26 Å². The van der Waals surface area contributed by atoms with Gasteiger partial charge in [0.1, 0.15) is 11.6 Å². The third kappa shape index (κ3) is 4.87. The van der Waals surface area contributed by atoms with E-state index in [1.165, 1.54) is 6.20 Å². The van der Waals surface area contributed by atoms with Crippen LogP contribution in [0.2, 0.25) is 0 Å². The molecule has 0 radical (unpaired) electrons. The normalized spacial score (nSPS) is 20.1. The molecule has 0 bridgehead atoms. The number of amides is 1. The molecular weight excluding hydrogens is 218 g/mol. The zero-order valence-corrected chi connectivity index (χ0v) is 10.3. The Morgan fingerprint density at radius 2 is 2.41 bits per heavy atom. The number of hydrogen-bond acceptors (Lipinski definition) is 4. The molecule has 1 heterocycles. The predicted octanol–water partition coefficient (Wildman–Crippen LogP) is 0.687. The van der Waals surface area contributed by atoms with Crippen LogP contribution in [0, 0.1) is 11.3 Å². The van der Waals surface area contributed by atoms with E-state index in [0.29, 0.717) is 6.54 Å². The molecule has 0 aromatic heterocycles. The van der Waals surface area contributed by atoms with E-state index in [1.54, 1.807) is 0 Å². The van der Waals surface area contributed by atoms with E-state index in [4.69, 9.17) is 10.00 Å². The summed E-state index contributed by atoms with van der Waals surface area (Å²) in [5.74, 6) is -0.351. The minimum atomic E-state index is -0.351. The number of carbonyl (C=O) groups excluding carboxylic acids is 1. The molecule has 0 spiro atoms. The second kappa shape index (κ2) is 6.92. The van der Waals surface area contributed by atoms with Crippen LogP contribution in [0.25, 0.3) is 0 Å². The third-order valence-corrected chi connectivity index (χ3v) is 2.44. The number of rotatable bonds is 5. The van der Waals surface area contributed by atoms with Crippen LogP contribution in [-0.2, 0) is 9.53 Å². The quantitative estimate of drug-likeness (QED) is 0.545. The minimum Gasteiger partial charge on any atom is -0.387 e. The molecule has 1 aliphatic heterocycles. The lowest BCUT2D eigenvalue weighted by Crippen LogP contribution is -2.33. The van der Waals surface area contributed by atoms with Crippen molar-refractivity contribution in [3.8, 4) is 6.07 Å². The molecule has 0 aromatic carbocycles. The lowest BCUT2D eigenvalue weighted by atomic mass is 10.2. The predicted molar refractivity (Wildman–Crippen MR) is 64.0 cm³/mol. The van der Waals surface area contributed by atoms with Crippen LogP contribution in [0.1, 0.15) is 26.7 Å². The largest absolute Gasteiger partial charge is 0.387 e. The Labute approximate surface area is 102 Å². The molecule has 1 saturated heterocycles. The van der Waals surface area contributed by atoms with Gasteiger partial charge >= 0.3 is 0 Å². The van der Waals surface area contributed by atoms with Crippen LogP contribution in [0.15, 0.2) is 11.8 Å². The summed E-state index contributed by atoms with van der Waals surface area (Å²) in [5.41, 5.74) is 0.0942. The summed E-state index contributed by atoms with van der Waals surface area (Å²) in [4.78, 5) is 11.6. The minimum absolute atomic E-state index is 0.0942. The summed E-state index contributed by atoms with van der Waals surface area (Å²) in [6.07, 6.45) is 3.55. The molecule has 0 aliphatic carbocycles. The highest BCUT2D eigenvalue weighted by Gasteiger charge is 2.17. The fourth-order valence-corrected chi connectivity index (χ4v) is 1.51. The summed E-state index contributed by atoms with van der Waals surface area (Å²) < 4.78 is 5.38. The monoisotopic (exact) mass is 237 g/mol. The maximum Gasteiger partial charge on any atom is 0.263 e. The van der Waals surface area contributed by atoms with Gasteiger partial charge < -0.3 is 15.4 Å². The highest BCUT2D eigenvalue weighted by Crippen LogP contribution is 2.10. The second-order valence-electron chi connectivity index (χ2n) is 4.34. The van der Waals surface area contributed by atoms with Crippen molar-refractivity contribution in [1.82, 2.24) is 10.6 Å². The van der Waals surface area contributed by atoms with E-state index < -0.39 is 0 Å². The van der Waals surface area contributed by atoms with Crippen molar-refractivity contribution in [2.24, 2.45) is 0 Å². The molecule has 1 unspecified atom stereocenters. The van der Waals surface area contributed by atoms with Gasteiger partial charge in [-0.05, 0) is 26.7 Å². The van der Waals surface area contributed by atoms with Crippen molar-refractivity contribution >= 4 is 5.91 Å². The molecule has 1 rings (SSSR count). The Bertz CT molecular complexity index is 325. The van der Waals surface area contributed by atoms with E-state index in [-0.39, 0.29) is 23.6 Å². The number of carbonyl (C=O) groups is 1. The van der Waals surface area contributed by atoms with Gasteiger partial charge in [-0.1, -0.05) is 0 Å². The molecule has 17 heavy (non-hydrogen) atoms. The molecule has 5 heteroatoms. The molecule has 5 nitrogen and oxygen atoms in total. The van der Waals surface area contributed by atoms with E-state index >= 15 is 0 Å². The van der Waals surface area contributed by atoms with Crippen LogP contribution >= 0.6 is 0 Å².